The average Bonchev–Trinajstić information content (AvgIpc) is 2.27. The maximum Gasteiger partial charge on any atom is 0.115 e. The van der Waals surface area contributed by atoms with Gasteiger partial charge in [-0.15, -0.1) is 0 Å². The first-order valence-corrected chi connectivity index (χ1v) is 6.04. The van der Waals surface area contributed by atoms with Gasteiger partial charge in [0.2, 0.25) is 0 Å². The Hall–Kier alpha value is -0.980. The van der Waals surface area contributed by atoms with Crippen LogP contribution in [0.25, 0.3) is 0 Å². The lowest BCUT2D eigenvalue weighted by atomic mass is 9.95. The van der Waals surface area contributed by atoms with Crippen LogP contribution in [0.15, 0.2) is 24.3 Å². The van der Waals surface area contributed by atoms with Crippen molar-refractivity contribution >= 4 is 0 Å². The molecule has 1 rings (SSSR count). The molecule has 0 bridgehead atoms. The molecule has 84 valence electrons. The van der Waals surface area contributed by atoms with Crippen LogP contribution in [0.2, 0.25) is 0 Å². The van der Waals surface area contributed by atoms with Crippen LogP contribution >= 0.6 is 0 Å². The Bertz CT molecular complexity index is 259. The van der Waals surface area contributed by atoms with Crippen LogP contribution in [0.3, 0.4) is 0 Å². The third kappa shape index (κ3) is 4.37. The van der Waals surface area contributed by atoms with E-state index in [2.05, 4.69) is 13.8 Å². The highest BCUT2D eigenvalue weighted by atomic mass is 16.3. The highest BCUT2D eigenvalue weighted by Crippen LogP contribution is 2.17. The SMILES string of the molecule is CCC(CC)CCCc1ccc(O)cc1. The number of phenolic OH excluding ortho intramolecular Hbond substituents is 1. The highest BCUT2D eigenvalue weighted by Gasteiger charge is 2.02. The highest BCUT2D eigenvalue weighted by molar-refractivity contribution is 5.25. The fourth-order valence-corrected chi connectivity index (χ4v) is 1.95. The second kappa shape index (κ2) is 6.49. The summed E-state index contributed by atoms with van der Waals surface area (Å²) in [4.78, 5) is 0. The number of hydrogen-bond acceptors (Lipinski definition) is 1. The van der Waals surface area contributed by atoms with Gasteiger partial charge in [-0.3, -0.25) is 0 Å². The fraction of sp³-hybridized carbons (Fsp3) is 0.571. The van der Waals surface area contributed by atoms with Gasteiger partial charge in [0.1, 0.15) is 5.75 Å². The Balaban J connectivity index is 2.28. The zero-order valence-electron chi connectivity index (χ0n) is 9.87. The largest absolute Gasteiger partial charge is 0.508 e. The molecule has 0 radical (unpaired) electrons. The lowest BCUT2D eigenvalue weighted by Crippen LogP contribution is -1.97. The van der Waals surface area contributed by atoms with Crippen LogP contribution in [0, 0.1) is 5.92 Å². The van der Waals surface area contributed by atoms with E-state index < -0.39 is 0 Å². The molecule has 0 unspecified atom stereocenters. The second-order valence-electron chi connectivity index (χ2n) is 4.24. The summed E-state index contributed by atoms with van der Waals surface area (Å²) in [7, 11) is 0. The fourth-order valence-electron chi connectivity index (χ4n) is 1.95. The molecule has 0 heterocycles. The third-order valence-corrected chi connectivity index (χ3v) is 3.17. The van der Waals surface area contributed by atoms with E-state index in [1.54, 1.807) is 12.1 Å². The molecule has 1 heteroatoms. The lowest BCUT2D eigenvalue weighted by Gasteiger charge is -2.11. The summed E-state index contributed by atoms with van der Waals surface area (Å²) in [6, 6.07) is 7.57. The van der Waals surface area contributed by atoms with Crippen LogP contribution in [0.1, 0.15) is 45.1 Å². The minimum absolute atomic E-state index is 0.360. The van der Waals surface area contributed by atoms with Gasteiger partial charge in [0.25, 0.3) is 0 Å². The third-order valence-electron chi connectivity index (χ3n) is 3.17. The predicted molar refractivity (Wildman–Crippen MR) is 65.1 cm³/mol. The molecule has 0 aliphatic heterocycles. The van der Waals surface area contributed by atoms with Gasteiger partial charge >= 0.3 is 0 Å². The van der Waals surface area contributed by atoms with E-state index >= 15 is 0 Å². The monoisotopic (exact) mass is 206 g/mol. The molecule has 0 aliphatic carbocycles. The molecule has 0 aliphatic rings. The van der Waals surface area contributed by atoms with Crippen LogP contribution in [0.5, 0.6) is 5.75 Å². The Morgan fingerprint density at radius 2 is 1.67 bits per heavy atom. The van der Waals surface area contributed by atoms with E-state index in [1.807, 2.05) is 12.1 Å². The molecular weight excluding hydrogens is 184 g/mol. The van der Waals surface area contributed by atoms with Crippen LogP contribution < -0.4 is 0 Å². The first-order valence-electron chi connectivity index (χ1n) is 6.04. The molecular formula is C14H22O. The Morgan fingerprint density at radius 1 is 1.07 bits per heavy atom. The first-order chi connectivity index (χ1) is 7.26. The van der Waals surface area contributed by atoms with Gasteiger partial charge in [-0.1, -0.05) is 45.2 Å². The summed E-state index contributed by atoms with van der Waals surface area (Å²) in [6.07, 6.45) is 6.32. The van der Waals surface area contributed by atoms with Crippen molar-refractivity contribution in [1.82, 2.24) is 0 Å². The van der Waals surface area contributed by atoms with Gasteiger partial charge in [0.05, 0.1) is 0 Å². The molecule has 0 amide bonds. The van der Waals surface area contributed by atoms with Crippen LogP contribution in [-0.2, 0) is 6.42 Å². The normalized spacial score (nSPS) is 10.9. The topological polar surface area (TPSA) is 20.2 Å². The van der Waals surface area contributed by atoms with Gasteiger partial charge in [-0.25, -0.2) is 0 Å². The van der Waals surface area contributed by atoms with Crippen molar-refractivity contribution in [3.63, 3.8) is 0 Å². The number of aromatic hydroxyl groups is 1. The number of hydrogen-bond donors (Lipinski definition) is 1. The molecule has 1 aromatic carbocycles. The predicted octanol–water partition coefficient (Wildman–Crippen LogP) is 4.15. The minimum atomic E-state index is 0.360. The smallest absolute Gasteiger partial charge is 0.115 e. The minimum Gasteiger partial charge on any atom is -0.508 e. The van der Waals surface area contributed by atoms with Crippen LogP contribution in [-0.4, -0.2) is 5.11 Å². The lowest BCUT2D eigenvalue weighted by molar-refractivity contribution is 0.441. The summed E-state index contributed by atoms with van der Waals surface area (Å²) >= 11 is 0. The van der Waals surface area contributed by atoms with E-state index in [4.69, 9.17) is 5.11 Å². The number of benzene rings is 1. The molecule has 0 aromatic heterocycles. The standard InChI is InChI=1S/C14H22O/c1-3-12(4-2)6-5-7-13-8-10-14(15)11-9-13/h8-12,15H,3-7H2,1-2H3. The summed E-state index contributed by atoms with van der Waals surface area (Å²) in [6.45, 7) is 4.55. The summed E-state index contributed by atoms with van der Waals surface area (Å²) in [5.41, 5.74) is 1.33. The average molecular weight is 206 g/mol. The molecule has 0 spiro atoms. The van der Waals surface area contributed by atoms with Gasteiger partial charge in [0, 0.05) is 0 Å². The summed E-state index contributed by atoms with van der Waals surface area (Å²) in [5.74, 6) is 1.25. The molecule has 15 heavy (non-hydrogen) atoms. The van der Waals surface area contributed by atoms with Crippen molar-refractivity contribution in [3.05, 3.63) is 29.8 Å². The van der Waals surface area contributed by atoms with E-state index in [1.165, 1.54) is 31.2 Å². The maximum absolute atomic E-state index is 9.15. The number of rotatable bonds is 6. The van der Waals surface area contributed by atoms with Gasteiger partial charge in [0.15, 0.2) is 0 Å². The zero-order valence-corrected chi connectivity index (χ0v) is 9.87. The van der Waals surface area contributed by atoms with Gasteiger partial charge in [-0.05, 0) is 36.5 Å². The Kier molecular flexibility index (Phi) is 5.23. The zero-order chi connectivity index (χ0) is 11.1. The molecule has 0 saturated heterocycles. The second-order valence-corrected chi connectivity index (χ2v) is 4.24. The van der Waals surface area contributed by atoms with Crippen molar-refractivity contribution in [3.8, 4) is 5.75 Å². The van der Waals surface area contributed by atoms with Crippen molar-refractivity contribution in [1.29, 1.82) is 0 Å². The summed E-state index contributed by atoms with van der Waals surface area (Å²) in [5, 5.41) is 9.15. The summed E-state index contributed by atoms with van der Waals surface area (Å²) < 4.78 is 0. The Labute approximate surface area is 93.1 Å². The van der Waals surface area contributed by atoms with Crippen molar-refractivity contribution < 1.29 is 5.11 Å². The number of phenols is 1. The van der Waals surface area contributed by atoms with Crippen molar-refractivity contribution in [2.24, 2.45) is 5.92 Å². The quantitative estimate of drug-likeness (QED) is 0.741. The molecule has 1 nitrogen and oxygen atoms in total. The number of aryl methyl sites for hydroxylation is 1. The molecule has 0 atom stereocenters. The maximum atomic E-state index is 9.15. The molecule has 1 N–H and O–H groups in total. The van der Waals surface area contributed by atoms with Crippen molar-refractivity contribution in [2.75, 3.05) is 0 Å². The molecule has 1 aromatic rings. The van der Waals surface area contributed by atoms with E-state index in [0.717, 1.165) is 12.3 Å². The first kappa shape index (κ1) is 12.1. The van der Waals surface area contributed by atoms with Gasteiger partial charge in [-0.2, -0.15) is 0 Å². The van der Waals surface area contributed by atoms with E-state index in [0.29, 0.717) is 5.75 Å². The molecule has 0 saturated carbocycles. The van der Waals surface area contributed by atoms with Gasteiger partial charge < -0.3 is 5.11 Å². The van der Waals surface area contributed by atoms with E-state index in [-0.39, 0.29) is 0 Å². The van der Waals surface area contributed by atoms with Crippen molar-refractivity contribution in [2.45, 2.75) is 46.0 Å². The molecule has 0 fully saturated rings. The van der Waals surface area contributed by atoms with Crippen LogP contribution in [0.4, 0.5) is 0 Å². The van der Waals surface area contributed by atoms with E-state index in [9.17, 15) is 0 Å². The Morgan fingerprint density at radius 3 is 2.20 bits per heavy atom.